The molecule has 1 atom stereocenters. The second-order valence-electron chi connectivity index (χ2n) is 2.07. The first-order valence-electron chi connectivity index (χ1n) is 3.34. The molecule has 3 heteroatoms. The van der Waals surface area contributed by atoms with Gasteiger partial charge in [-0.15, -0.1) is 0 Å². The molecular weight excluding hydrogens is 116 g/mol. The molecule has 0 aromatic carbocycles. The predicted molar refractivity (Wildman–Crippen MR) is 38.1 cm³/mol. The van der Waals surface area contributed by atoms with Gasteiger partial charge in [0, 0.05) is 19.2 Å². The summed E-state index contributed by atoms with van der Waals surface area (Å²) in [5, 5.41) is 0. The minimum absolute atomic E-state index is 0.0107. The second kappa shape index (κ2) is 6.01. The molecule has 0 radical (unpaired) electrons. The van der Waals surface area contributed by atoms with Crippen molar-refractivity contribution in [1.29, 1.82) is 0 Å². The first-order valence-corrected chi connectivity index (χ1v) is 3.34. The van der Waals surface area contributed by atoms with Crippen molar-refractivity contribution in [1.82, 2.24) is 0 Å². The topological polar surface area (TPSA) is 61.3 Å². The van der Waals surface area contributed by atoms with Gasteiger partial charge in [-0.1, -0.05) is 6.92 Å². The van der Waals surface area contributed by atoms with Gasteiger partial charge in [0.15, 0.2) is 0 Å². The molecule has 0 heterocycles. The molecule has 0 spiro atoms. The van der Waals surface area contributed by atoms with Crippen LogP contribution in [0.25, 0.3) is 0 Å². The maximum Gasteiger partial charge on any atom is 0.0629 e. The van der Waals surface area contributed by atoms with E-state index in [1.165, 1.54) is 0 Å². The van der Waals surface area contributed by atoms with Crippen LogP contribution in [0.3, 0.4) is 0 Å². The Bertz CT molecular complexity index is 59.0. The molecule has 3 nitrogen and oxygen atoms in total. The van der Waals surface area contributed by atoms with Gasteiger partial charge in [-0.25, -0.2) is 0 Å². The molecule has 0 bridgehead atoms. The highest BCUT2D eigenvalue weighted by molar-refractivity contribution is 4.58. The Morgan fingerprint density at radius 1 is 1.56 bits per heavy atom. The van der Waals surface area contributed by atoms with Crippen molar-refractivity contribution >= 4 is 0 Å². The average molecular weight is 132 g/mol. The molecular formula is C6H16N2O. The van der Waals surface area contributed by atoms with Gasteiger partial charge in [-0.2, -0.15) is 0 Å². The second-order valence-corrected chi connectivity index (χ2v) is 2.07. The van der Waals surface area contributed by atoms with Crippen LogP contribution in [-0.4, -0.2) is 25.8 Å². The van der Waals surface area contributed by atoms with E-state index in [9.17, 15) is 0 Å². The summed E-state index contributed by atoms with van der Waals surface area (Å²) in [6.45, 7) is 3.94. The Morgan fingerprint density at radius 3 is 2.67 bits per heavy atom. The summed E-state index contributed by atoms with van der Waals surface area (Å²) in [6, 6.07) is 0.0107. The molecule has 0 aliphatic rings. The predicted octanol–water partition coefficient (Wildman–Crippen LogP) is -0.301. The molecule has 0 aromatic heterocycles. The lowest BCUT2D eigenvalue weighted by Crippen LogP contribution is -2.34. The fourth-order valence-electron chi connectivity index (χ4n) is 0.447. The monoisotopic (exact) mass is 132 g/mol. The quantitative estimate of drug-likeness (QED) is 0.505. The standard InChI is InChI=1S/C6H16N2O/c1-2-3-9-5-6(8)4-7/h6H,2-5,7-8H2,1H3. The van der Waals surface area contributed by atoms with Gasteiger partial charge in [0.05, 0.1) is 6.61 Å². The molecule has 1 unspecified atom stereocenters. The summed E-state index contributed by atoms with van der Waals surface area (Å²) in [6.07, 6.45) is 1.04. The smallest absolute Gasteiger partial charge is 0.0629 e. The van der Waals surface area contributed by atoms with Gasteiger partial charge in [-0.3, -0.25) is 0 Å². The summed E-state index contributed by atoms with van der Waals surface area (Å²) >= 11 is 0. The van der Waals surface area contributed by atoms with E-state index in [-0.39, 0.29) is 6.04 Å². The van der Waals surface area contributed by atoms with Crippen LogP contribution in [-0.2, 0) is 4.74 Å². The van der Waals surface area contributed by atoms with E-state index in [1.54, 1.807) is 0 Å². The number of ether oxygens (including phenoxy) is 1. The highest BCUT2D eigenvalue weighted by Crippen LogP contribution is 1.81. The number of rotatable bonds is 5. The average Bonchev–Trinajstić information content (AvgIpc) is 1.89. The van der Waals surface area contributed by atoms with Crippen molar-refractivity contribution in [3.63, 3.8) is 0 Å². The minimum Gasteiger partial charge on any atom is -0.380 e. The zero-order valence-corrected chi connectivity index (χ0v) is 5.97. The Hall–Kier alpha value is -0.120. The van der Waals surface area contributed by atoms with Crippen LogP contribution in [0.1, 0.15) is 13.3 Å². The van der Waals surface area contributed by atoms with Crippen molar-refractivity contribution in [2.24, 2.45) is 11.5 Å². The molecule has 0 aromatic rings. The highest BCUT2D eigenvalue weighted by atomic mass is 16.5. The highest BCUT2D eigenvalue weighted by Gasteiger charge is 1.96. The molecule has 0 amide bonds. The van der Waals surface area contributed by atoms with Gasteiger partial charge in [0.25, 0.3) is 0 Å². The fourth-order valence-corrected chi connectivity index (χ4v) is 0.447. The van der Waals surface area contributed by atoms with E-state index in [0.717, 1.165) is 13.0 Å². The Balaban J connectivity index is 2.88. The van der Waals surface area contributed by atoms with E-state index in [4.69, 9.17) is 16.2 Å². The zero-order valence-electron chi connectivity index (χ0n) is 5.97. The van der Waals surface area contributed by atoms with Crippen LogP contribution in [0.4, 0.5) is 0 Å². The van der Waals surface area contributed by atoms with Crippen molar-refractivity contribution in [3.8, 4) is 0 Å². The van der Waals surface area contributed by atoms with Gasteiger partial charge in [0.1, 0.15) is 0 Å². The summed E-state index contributed by atoms with van der Waals surface area (Å²) in [5.41, 5.74) is 10.7. The first kappa shape index (κ1) is 8.88. The van der Waals surface area contributed by atoms with Crippen molar-refractivity contribution in [2.75, 3.05) is 19.8 Å². The largest absolute Gasteiger partial charge is 0.380 e. The maximum absolute atomic E-state index is 5.46. The minimum atomic E-state index is 0.0107. The molecule has 0 rings (SSSR count). The van der Waals surface area contributed by atoms with Crippen LogP contribution < -0.4 is 11.5 Å². The van der Waals surface area contributed by atoms with Crippen LogP contribution in [0.15, 0.2) is 0 Å². The zero-order chi connectivity index (χ0) is 7.11. The number of hydrogen-bond donors (Lipinski definition) is 2. The fraction of sp³-hybridized carbons (Fsp3) is 1.00. The van der Waals surface area contributed by atoms with E-state index in [0.29, 0.717) is 13.2 Å². The van der Waals surface area contributed by atoms with Crippen LogP contribution in [0, 0.1) is 0 Å². The Morgan fingerprint density at radius 2 is 2.22 bits per heavy atom. The molecule has 0 aliphatic carbocycles. The van der Waals surface area contributed by atoms with E-state index in [2.05, 4.69) is 6.92 Å². The molecule has 0 aliphatic heterocycles. The lowest BCUT2D eigenvalue weighted by Gasteiger charge is -2.07. The van der Waals surface area contributed by atoms with E-state index in [1.807, 2.05) is 0 Å². The van der Waals surface area contributed by atoms with Crippen LogP contribution >= 0.6 is 0 Å². The lowest BCUT2D eigenvalue weighted by molar-refractivity contribution is 0.123. The van der Waals surface area contributed by atoms with E-state index < -0.39 is 0 Å². The maximum atomic E-state index is 5.46. The van der Waals surface area contributed by atoms with Gasteiger partial charge < -0.3 is 16.2 Å². The molecule has 0 saturated heterocycles. The van der Waals surface area contributed by atoms with E-state index >= 15 is 0 Å². The van der Waals surface area contributed by atoms with Crippen LogP contribution in [0.2, 0.25) is 0 Å². The first-order chi connectivity index (χ1) is 4.31. The normalized spacial score (nSPS) is 13.7. The SMILES string of the molecule is CCCOCC(N)CN. The summed E-state index contributed by atoms with van der Waals surface area (Å²) < 4.78 is 5.13. The van der Waals surface area contributed by atoms with Gasteiger partial charge in [0.2, 0.25) is 0 Å². The molecule has 9 heavy (non-hydrogen) atoms. The lowest BCUT2D eigenvalue weighted by atomic mass is 10.3. The van der Waals surface area contributed by atoms with Crippen molar-refractivity contribution in [3.05, 3.63) is 0 Å². The molecule has 4 N–H and O–H groups in total. The summed E-state index contributed by atoms with van der Waals surface area (Å²) in [4.78, 5) is 0. The third kappa shape index (κ3) is 5.76. The molecule has 0 saturated carbocycles. The van der Waals surface area contributed by atoms with Crippen LogP contribution in [0.5, 0.6) is 0 Å². The third-order valence-electron chi connectivity index (χ3n) is 0.983. The summed E-state index contributed by atoms with van der Waals surface area (Å²) in [7, 11) is 0. The third-order valence-corrected chi connectivity index (χ3v) is 0.983. The Kier molecular flexibility index (Phi) is 5.93. The molecule has 56 valence electrons. The van der Waals surface area contributed by atoms with Crippen molar-refractivity contribution in [2.45, 2.75) is 19.4 Å². The number of hydrogen-bond acceptors (Lipinski definition) is 3. The molecule has 0 fully saturated rings. The van der Waals surface area contributed by atoms with Gasteiger partial charge >= 0.3 is 0 Å². The van der Waals surface area contributed by atoms with Gasteiger partial charge in [-0.05, 0) is 6.42 Å². The Labute approximate surface area is 56.4 Å². The van der Waals surface area contributed by atoms with Crippen molar-refractivity contribution < 1.29 is 4.74 Å². The summed E-state index contributed by atoms with van der Waals surface area (Å²) in [5.74, 6) is 0. The number of nitrogens with two attached hydrogens (primary N) is 2.